The quantitative estimate of drug-likeness (QED) is 0.668. The van der Waals surface area contributed by atoms with Crippen molar-refractivity contribution in [3.63, 3.8) is 0 Å². The Morgan fingerprint density at radius 3 is 2.38 bits per heavy atom. The van der Waals surface area contributed by atoms with Gasteiger partial charge in [0.25, 0.3) is 5.91 Å². The van der Waals surface area contributed by atoms with E-state index in [2.05, 4.69) is 0 Å². The third-order valence-electron chi connectivity index (χ3n) is 5.30. The van der Waals surface area contributed by atoms with Crippen LogP contribution in [0, 0.1) is 19.7 Å². The number of ether oxygens (including phenoxy) is 1. The molecule has 2 aromatic carbocycles. The Morgan fingerprint density at radius 1 is 1.17 bits per heavy atom. The fourth-order valence-corrected chi connectivity index (χ4v) is 3.84. The maximum atomic E-state index is 14.5. The summed E-state index contributed by atoms with van der Waals surface area (Å²) in [6, 6.07) is 9.99. The molecule has 5 nitrogen and oxygen atoms in total. The number of hydrogen-bond acceptors (Lipinski definition) is 3. The molecule has 1 amide bonds. The molecule has 0 radical (unpaired) electrons. The molecule has 0 bridgehead atoms. The molecule has 0 aliphatic heterocycles. The number of methoxy groups -OCH3 is 1. The van der Waals surface area contributed by atoms with Crippen molar-refractivity contribution in [2.45, 2.75) is 39.5 Å². The number of hydrogen-bond donors (Lipinski definition) is 1. The molecule has 0 saturated heterocycles. The summed E-state index contributed by atoms with van der Waals surface area (Å²) >= 11 is 0. The SMILES string of the molecule is CCCC(C(N)=O)c1c(C)n(C(=O)c2ccc(C)cc2)c2cc(F)c(OC)cc12. The topological polar surface area (TPSA) is 74.3 Å². The normalized spacial score (nSPS) is 12.2. The van der Waals surface area contributed by atoms with Gasteiger partial charge in [0.2, 0.25) is 5.91 Å². The van der Waals surface area contributed by atoms with Gasteiger partial charge in [0.05, 0.1) is 18.5 Å². The number of primary amides is 1. The number of benzene rings is 2. The highest BCUT2D eigenvalue weighted by molar-refractivity contribution is 6.05. The third kappa shape index (κ3) is 3.62. The van der Waals surface area contributed by atoms with Crippen LogP contribution in [0.5, 0.6) is 5.75 Å². The first kappa shape index (κ1) is 20.6. The molecule has 152 valence electrons. The molecule has 0 saturated carbocycles. The zero-order valence-electron chi connectivity index (χ0n) is 17.1. The van der Waals surface area contributed by atoms with Crippen molar-refractivity contribution in [1.82, 2.24) is 4.57 Å². The second kappa shape index (κ2) is 8.07. The first-order valence-corrected chi connectivity index (χ1v) is 9.59. The summed E-state index contributed by atoms with van der Waals surface area (Å²) < 4.78 is 21.1. The van der Waals surface area contributed by atoms with Gasteiger partial charge in [-0.1, -0.05) is 31.0 Å². The van der Waals surface area contributed by atoms with E-state index >= 15 is 0 Å². The number of nitrogens with two attached hydrogens (primary N) is 1. The Morgan fingerprint density at radius 2 is 1.83 bits per heavy atom. The second-order valence-electron chi connectivity index (χ2n) is 7.25. The summed E-state index contributed by atoms with van der Waals surface area (Å²) in [5, 5.41) is 0.596. The summed E-state index contributed by atoms with van der Waals surface area (Å²) in [5.41, 5.74) is 8.82. The van der Waals surface area contributed by atoms with Crippen LogP contribution in [0.1, 0.15) is 52.9 Å². The zero-order chi connectivity index (χ0) is 21.3. The minimum absolute atomic E-state index is 0.0541. The molecule has 0 spiro atoms. The predicted molar refractivity (Wildman–Crippen MR) is 111 cm³/mol. The number of aryl methyl sites for hydroxylation is 1. The molecule has 6 heteroatoms. The number of aromatic nitrogens is 1. The van der Waals surface area contributed by atoms with Crippen LogP contribution in [-0.4, -0.2) is 23.5 Å². The standard InChI is InChI=1S/C23H25FN2O3/c1-5-6-16(22(25)27)21-14(3)26(23(28)15-9-7-13(2)8-10-15)19-12-18(24)20(29-4)11-17(19)21/h7-12,16H,5-6H2,1-4H3,(H2,25,27). The first-order chi connectivity index (χ1) is 13.8. The van der Waals surface area contributed by atoms with Gasteiger partial charge in [-0.15, -0.1) is 0 Å². The molecule has 0 fully saturated rings. The lowest BCUT2D eigenvalue weighted by molar-refractivity contribution is -0.119. The molecule has 0 aliphatic rings. The largest absolute Gasteiger partial charge is 0.494 e. The van der Waals surface area contributed by atoms with Gasteiger partial charge in [-0.05, 0) is 44.0 Å². The molecule has 1 atom stereocenters. The van der Waals surface area contributed by atoms with E-state index < -0.39 is 17.6 Å². The minimum Gasteiger partial charge on any atom is -0.494 e. The van der Waals surface area contributed by atoms with Crippen molar-refractivity contribution in [2.24, 2.45) is 5.73 Å². The van der Waals surface area contributed by atoms with Gasteiger partial charge in [-0.3, -0.25) is 14.2 Å². The lowest BCUT2D eigenvalue weighted by atomic mass is 9.91. The summed E-state index contributed by atoms with van der Waals surface area (Å²) in [5.74, 6) is -1.86. The Balaban J connectivity index is 2.33. The van der Waals surface area contributed by atoms with E-state index in [0.717, 1.165) is 12.0 Å². The van der Waals surface area contributed by atoms with Crippen LogP contribution in [0.15, 0.2) is 36.4 Å². The van der Waals surface area contributed by atoms with Gasteiger partial charge in [-0.25, -0.2) is 4.39 Å². The molecule has 2 N–H and O–H groups in total. The van der Waals surface area contributed by atoms with Crippen LogP contribution in [-0.2, 0) is 4.79 Å². The van der Waals surface area contributed by atoms with E-state index in [9.17, 15) is 14.0 Å². The molecule has 1 aromatic heterocycles. The van der Waals surface area contributed by atoms with Crippen molar-refractivity contribution in [1.29, 1.82) is 0 Å². The average Bonchev–Trinajstić information content (AvgIpc) is 2.95. The van der Waals surface area contributed by atoms with E-state index in [1.54, 1.807) is 19.1 Å². The van der Waals surface area contributed by atoms with Crippen molar-refractivity contribution in [3.8, 4) is 5.75 Å². The Hall–Kier alpha value is -3.15. The highest BCUT2D eigenvalue weighted by atomic mass is 19.1. The summed E-state index contributed by atoms with van der Waals surface area (Å²) in [7, 11) is 1.38. The van der Waals surface area contributed by atoms with Gasteiger partial charge in [0.15, 0.2) is 11.6 Å². The maximum Gasteiger partial charge on any atom is 0.262 e. The third-order valence-corrected chi connectivity index (χ3v) is 5.30. The number of fused-ring (bicyclic) bond motifs is 1. The first-order valence-electron chi connectivity index (χ1n) is 9.59. The van der Waals surface area contributed by atoms with Crippen LogP contribution in [0.25, 0.3) is 10.9 Å². The maximum absolute atomic E-state index is 14.5. The molecule has 1 unspecified atom stereocenters. The van der Waals surface area contributed by atoms with E-state index in [4.69, 9.17) is 10.5 Å². The van der Waals surface area contributed by atoms with E-state index in [0.29, 0.717) is 34.1 Å². The Bertz CT molecular complexity index is 1080. The zero-order valence-corrected chi connectivity index (χ0v) is 17.1. The minimum atomic E-state index is -0.579. The highest BCUT2D eigenvalue weighted by Crippen LogP contribution is 2.37. The second-order valence-corrected chi connectivity index (χ2v) is 7.25. The Labute approximate surface area is 169 Å². The van der Waals surface area contributed by atoms with Crippen molar-refractivity contribution in [3.05, 3.63) is 64.6 Å². The number of halogens is 1. The van der Waals surface area contributed by atoms with Crippen LogP contribution in [0.3, 0.4) is 0 Å². The summed E-state index contributed by atoms with van der Waals surface area (Å²) in [4.78, 5) is 25.5. The van der Waals surface area contributed by atoms with E-state index in [1.165, 1.54) is 23.8 Å². The van der Waals surface area contributed by atoms with Crippen molar-refractivity contribution < 1.29 is 18.7 Å². The molecule has 3 rings (SSSR count). The fourth-order valence-electron chi connectivity index (χ4n) is 3.84. The smallest absolute Gasteiger partial charge is 0.262 e. The highest BCUT2D eigenvalue weighted by Gasteiger charge is 2.28. The average molecular weight is 396 g/mol. The van der Waals surface area contributed by atoms with E-state index in [1.807, 2.05) is 26.0 Å². The van der Waals surface area contributed by atoms with Gasteiger partial charge < -0.3 is 10.5 Å². The van der Waals surface area contributed by atoms with Crippen molar-refractivity contribution >= 4 is 22.7 Å². The molecular formula is C23H25FN2O3. The van der Waals surface area contributed by atoms with Crippen LogP contribution in [0.4, 0.5) is 4.39 Å². The summed E-state index contributed by atoms with van der Waals surface area (Å²) in [6.45, 7) is 5.66. The predicted octanol–water partition coefficient (Wildman–Crippen LogP) is 4.46. The monoisotopic (exact) mass is 396 g/mol. The van der Waals surface area contributed by atoms with Gasteiger partial charge in [0.1, 0.15) is 0 Å². The Kier molecular flexibility index (Phi) is 5.73. The summed E-state index contributed by atoms with van der Waals surface area (Å²) in [6.07, 6.45) is 1.28. The fraction of sp³-hybridized carbons (Fsp3) is 0.304. The van der Waals surface area contributed by atoms with Gasteiger partial charge in [-0.2, -0.15) is 0 Å². The molecule has 29 heavy (non-hydrogen) atoms. The lowest BCUT2D eigenvalue weighted by Gasteiger charge is -2.14. The number of carbonyl (C=O) groups is 2. The number of rotatable bonds is 6. The van der Waals surface area contributed by atoms with E-state index in [-0.39, 0.29) is 11.7 Å². The van der Waals surface area contributed by atoms with Crippen LogP contribution >= 0.6 is 0 Å². The van der Waals surface area contributed by atoms with Crippen LogP contribution in [0.2, 0.25) is 0 Å². The number of nitrogens with zero attached hydrogens (tertiary/aromatic N) is 1. The molecular weight excluding hydrogens is 371 g/mol. The van der Waals surface area contributed by atoms with Crippen LogP contribution < -0.4 is 10.5 Å². The molecule has 1 heterocycles. The molecule has 0 aliphatic carbocycles. The van der Waals surface area contributed by atoms with Crippen molar-refractivity contribution in [2.75, 3.05) is 7.11 Å². The number of carbonyl (C=O) groups excluding carboxylic acids is 2. The lowest BCUT2D eigenvalue weighted by Crippen LogP contribution is -2.22. The van der Waals surface area contributed by atoms with Gasteiger partial charge in [0, 0.05) is 22.7 Å². The number of amides is 1. The van der Waals surface area contributed by atoms with Gasteiger partial charge >= 0.3 is 0 Å². The molecule has 3 aromatic rings.